The van der Waals surface area contributed by atoms with E-state index < -0.39 is 5.63 Å². The maximum atomic E-state index is 11.4. The Labute approximate surface area is 104 Å². The van der Waals surface area contributed by atoms with Gasteiger partial charge in [-0.15, -0.1) is 0 Å². The zero-order valence-electron chi connectivity index (χ0n) is 9.66. The Hall–Kier alpha value is -1.48. The van der Waals surface area contributed by atoms with E-state index in [1.165, 1.54) is 12.1 Å². The second-order valence-corrected chi connectivity index (χ2v) is 4.90. The number of aromatic hydroxyl groups is 1. The summed E-state index contributed by atoms with van der Waals surface area (Å²) < 4.78 is 5.05. The Morgan fingerprint density at radius 2 is 2.06 bits per heavy atom. The topological polar surface area (TPSA) is 50.4 Å². The fourth-order valence-corrected chi connectivity index (χ4v) is 2.01. The molecule has 1 N–H and O–H groups in total. The van der Waals surface area contributed by atoms with Crippen molar-refractivity contribution in [2.45, 2.75) is 20.3 Å². The van der Waals surface area contributed by atoms with Gasteiger partial charge >= 0.3 is 5.63 Å². The first-order chi connectivity index (χ1) is 7.97. The number of hydrogen-bond donors (Lipinski definition) is 1. The van der Waals surface area contributed by atoms with E-state index >= 15 is 0 Å². The second-order valence-electron chi connectivity index (χ2n) is 4.49. The van der Waals surface area contributed by atoms with Crippen molar-refractivity contribution in [2.24, 2.45) is 5.92 Å². The van der Waals surface area contributed by atoms with Crippen LogP contribution in [0.4, 0.5) is 0 Å². The molecule has 90 valence electrons. The fourth-order valence-electron chi connectivity index (χ4n) is 1.84. The van der Waals surface area contributed by atoms with Crippen LogP contribution in [0.25, 0.3) is 11.0 Å². The normalized spacial score (nSPS) is 11.3. The van der Waals surface area contributed by atoms with Crippen LogP contribution in [0.3, 0.4) is 0 Å². The van der Waals surface area contributed by atoms with Gasteiger partial charge in [-0.25, -0.2) is 4.79 Å². The lowest BCUT2D eigenvalue weighted by atomic mass is 10.00. The standard InChI is InChI=1S/C13H13ClO3/c1-7(2)3-8-4-13(16)17-12-6-11(15)10(14)5-9(8)12/h4-7,15H,3H2,1-2H3. The number of phenolic OH excluding ortho intramolecular Hbond substituents is 1. The number of rotatable bonds is 2. The molecule has 2 aromatic rings. The molecule has 0 fully saturated rings. The Morgan fingerprint density at radius 1 is 1.35 bits per heavy atom. The molecule has 17 heavy (non-hydrogen) atoms. The van der Waals surface area contributed by atoms with E-state index in [9.17, 15) is 9.90 Å². The Bertz CT molecular complexity index is 614. The van der Waals surface area contributed by atoms with E-state index in [0.29, 0.717) is 11.5 Å². The molecule has 0 radical (unpaired) electrons. The number of benzene rings is 1. The van der Waals surface area contributed by atoms with E-state index in [1.54, 1.807) is 6.07 Å². The molecule has 0 aliphatic rings. The second kappa shape index (κ2) is 4.41. The summed E-state index contributed by atoms with van der Waals surface area (Å²) in [6.07, 6.45) is 0.767. The minimum atomic E-state index is -0.408. The first-order valence-corrected chi connectivity index (χ1v) is 5.80. The first-order valence-electron chi connectivity index (χ1n) is 5.42. The van der Waals surface area contributed by atoms with Crippen LogP contribution in [-0.4, -0.2) is 5.11 Å². The third-order valence-electron chi connectivity index (χ3n) is 2.53. The summed E-state index contributed by atoms with van der Waals surface area (Å²) in [5, 5.41) is 10.5. The highest BCUT2D eigenvalue weighted by atomic mass is 35.5. The molecule has 0 unspecified atom stereocenters. The van der Waals surface area contributed by atoms with Crippen molar-refractivity contribution in [3.8, 4) is 5.75 Å². The van der Waals surface area contributed by atoms with E-state index in [0.717, 1.165) is 17.4 Å². The van der Waals surface area contributed by atoms with Gasteiger partial charge in [-0.2, -0.15) is 0 Å². The van der Waals surface area contributed by atoms with Crippen molar-refractivity contribution in [1.82, 2.24) is 0 Å². The lowest BCUT2D eigenvalue weighted by Crippen LogP contribution is -2.03. The molecule has 0 bridgehead atoms. The molecule has 2 rings (SSSR count). The molecule has 1 aromatic carbocycles. The largest absolute Gasteiger partial charge is 0.506 e. The number of halogens is 1. The lowest BCUT2D eigenvalue weighted by molar-refractivity contribution is 0.473. The zero-order valence-corrected chi connectivity index (χ0v) is 10.4. The van der Waals surface area contributed by atoms with Gasteiger partial charge in [0.05, 0.1) is 5.02 Å². The quantitative estimate of drug-likeness (QED) is 0.834. The smallest absolute Gasteiger partial charge is 0.336 e. The molecule has 3 nitrogen and oxygen atoms in total. The highest BCUT2D eigenvalue weighted by molar-refractivity contribution is 6.32. The van der Waals surface area contributed by atoms with Gasteiger partial charge in [-0.1, -0.05) is 25.4 Å². The molecule has 0 aliphatic heterocycles. The maximum Gasteiger partial charge on any atom is 0.336 e. The third kappa shape index (κ3) is 2.44. The predicted molar refractivity (Wildman–Crippen MR) is 67.7 cm³/mol. The molecule has 0 atom stereocenters. The molecule has 0 saturated carbocycles. The van der Waals surface area contributed by atoms with Crippen molar-refractivity contribution in [2.75, 3.05) is 0 Å². The summed E-state index contributed by atoms with van der Waals surface area (Å²) in [4.78, 5) is 11.4. The SMILES string of the molecule is CC(C)Cc1cc(=O)oc2cc(O)c(Cl)cc12. The summed E-state index contributed by atoms with van der Waals surface area (Å²) in [6.45, 7) is 4.14. The molecule has 0 amide bonds. The summed E-state index contributed by atoms with van der Waals surface area (Å²) >= 11 is 5.87. The van der Waals surface area contributed by atoms with Crippen molar-refractivity contribution in [3.05, 3.63) is 39.2 Å². The maximum absolute atomic E-state index is 11.4. The van der Waals surface area contributed by atoms with Crippen molar-refractivity contribution in [3.63, 3.8) is 0 Å². The summed E-state index contributed by atoms with van der Waals surface area (Å²) in [5.41, 5.74) is 0.859. The number of phenols is 1. The van der Waals surface area contributed by atoms with Crippen molar-refractivity contribution >= 4 is 22.6 Å². The average molecular weight is 253 g/mol. The minimum absolute atomic E-state index is 0.0796. The van der Waals surface area contributed by atoms with E-state index in [1.807, 2.05) is 0 Å². The summed E-state index contributed by atoms with van der Waals surface area (Å²) in [5.74, 6) is 0.344. The van der Waals surface area contributed by atoms with Crippen LogP contribution in [-0.2, 0) is 6.42 Å². The highest BCUT2D eigenvalue weighted by Crippen LogP contribution is 2.30. The van der Waals surface area contributed by atoms with Gasteiger partial charge in [0.2, 0.25) is 0 Å². The Balaban J connectivity index is 2.73. The molecule has 1 heterocycles. The van der Waals surface area contributed by atoms with Crippen molar-refractivity contribution in [1.29, 1.82) is 0 Å². The minimum Gasteiger partial charge on any atom is -0.506 e. The third-order valence-corrected chi connectivity index (χ3v) is 2.83. The van der Waals surface area contributed by atoms with Crippen LogP contribution in [0.1, 0.15) is 19.4 Å². The monoisotopic (exact) mass is 252 g/mol. The zero-order chi connectivity index (χ0) is 12.6. The van der Waals surface area contributed by atoms with Crippen LogP contribution in [0.5, 0.6) is 5.75 Å². The van der Waals surface area contributed by atoms with E-state index in [2.05, 4.69) is 13.8 Å². The number of hydrogen-bond acceptors (Lipinski definition) is 3. The van der Waals surface area contributed by atoms with Crippen LogP contribution in [0.2, 0.25) is 5.02 Å². The number of fused-ring (bicyclic) bond motifs is 1. The molecule has 0 aliphatic carbocycles. The van der Waals surface area contributed by atoms with Gasteiger partial charge in [0, 0.05) is 17.5 Å². The molecular formula is C13H13ClO3. The van der Waals surface area contributed by atoms with Crippen LogP contribution < -0.4 is 5.63 Å². The van der Waals surface area contributed by atoms with E-state index in [-0.39, 0.29) is 10.8 Å². The van der Waals surface area contributed by atoms with E-state index in [4.69, 9.17) is 16.0 Å². The van der Waals surface area contributed by atoms with Gasteiger partial charge in [0.1, 0.15) is 11.3 Å². The Kier molecular flexibility index (Phi) is 3.11. The molecule has 4 heteroatoms. The highest BCUT2D eigenvalue weighted by Gasteiger charge is 2.10. The van der Waals surface area contributed by atoms with Gasteiger partial charge in [0.15, 0.2) is 0 Å². The van der Waals surface area contributed by atoms with Gasteiger partial charge < -0.3 is 9.52 Å². The van der Waals surface area contributed by atoms with Crippen LogP contribution in [0.15, 0.2) is 27.4 Å². The van der Waals surface area contributed by atoms with Crippen molar-refractivity contribution < 1.29 is 9.52 Å². The van der Waals surface area contributed by atoms with Gasteiger partial charge in [0.25, 0.3) is 0 Å². The van der Waals surface area contributed by atoms with Crippen LogP contribution >= 0.6 is 11.6 Å². The molecule has 0 spiro atoms. The van der Waals surface area contributed by atoms with Gasteiger partial charge in [-0.05, 0) is 24.0 Å². The first kappa shape index (κ1) is 12.0. The summed E-state index contributed by atoms with van der Waals surface area (Å²) in [7, 11) is 0. The molecule has 0 saturated heterocycles. The molecular weight excluding hydrogens is 240 g/mol. The molecule has 1 aromatic heterocycles. The summed E-state index contributed by atoms with van der Waals surface area (Å²) in [6, 6.07) is 4.49. The Morgan fingerprint density at radius 3 is 2.71 bits per heavy atom. The van der Waals surface area contributed by atoms with Crippen LogP contribution in [0, 0.1) is 5.92 Å². The fraction of sp³-hybridized carbons (Fsp3) is 0.308. The average Bonchev–Trinajstić information content (AvgIpc) is 2.20. The lowest BCUT2D eigenvalue weighted by Gasteiger charge is -2.08. The predicted octanol–water partition coefficient (Wildman–Crippen LogP) is 3.35. The van der Waals surface area contributed by atoms with Gasteiger partial charge in [-0.3, -0.25) is 0 Å².